The molecule has 0 radical (unpaired) electrons. The van der Waals surface area contributed by atoms with Gasteiger partial charge in [-0.15, -0.1) is 5.92 Å². The van der Waals surface area contributed by atoms with Crippen LogP contribution in [0.2, 0.25) is 0 Å². The number of ether oxygens (including phenoxy) is 4. The van der Waals surface area contributed by atoms with Gasteiger partial charge in [0.15, 0.2) is 11.6 Å². The Labute approximate surface area is 182 Å². The number of carbonyl (C=O) groups is 3. The van der Waals surface area contributed by atoms with Gasteiger partial charge >= 0.3 is 12.2 Å². The van der Waals surface area contributed by atoms with E-state index < -0.39 is 65.2 Å². The zero-order chi connectivity index (χ0) is 23.4. The monoisotopic (exact) mass is 437 g/mol. The van der Waals surface area contributed by atoms with Gasteiger partial charge in [-0.1, -0.05) is 5.92 Å². The minimum atomic E-state index is -1.31. The highest BCUT2D eigenvalue weighted by molar-refractivity contribution is 5.75. The molecule has 5 rings (SSSR count). The summed E-state index contributed by atoms with van der Waals surface area (Å²) in [5, 5.41) is 11.0. The van der Waals surface area contributed by atoms with Crippen LogP contribution in [0.15, 0.2) is 0 Å². The average molecular weight is 437 g/mol. The average Bonchev–Trinajstić information content (AvgIpc) is 2.78. The Balaban J connectivity index is 2.09. The van der Waals surface area contributed by atoms with E-state index >= 15 is 0 Å². The summed E-state index contributed by atoms with van der Waals surface area (Å²) in [5.74, 6) is 4.36. The molecule has 1 saturated carbocycles. The van der Waals surface area contributed by atoms with Gasteiger partial charge < -0.3 is 28.8 Å². The number of nitrogens with zero attached hydrogens (tertiary/aromatic N) is 1. The van der Waals surface area contributed by atoms with Crippen LogP contribution in [0.4, 0.5) is 9.59 Å². The van der Waals surface area contributed by atoms with Gasteiger partial charge in [-0.05, 0) is 48.5 Å². The fourth-order valence-corrected chi connectivity index (χ4v) is 4.74. The van der Waals surface area contributed by atoms with Gasteiger partial charge in [0.1, 0.15) is 23.6 Å². The molecule has 9 nitrogen and oxygen atoms in total. The summed E-state index contributed by atoms with van der Waals surface area (Å²) in [7, 11) is 0. The van der Waals surface area contributed by atoms with Gasteiger partial charge in [0, 0.05) is 5.92 Å². The third-order valence-electron chi connectivity index (χ3n) is 5.68. The van der Waals surface area contributed by atoms with E-state index in [1.165, 1.54) is 4.90 Å². The van der Waals surface area contributed by atoms with Crippen LogP contribution in [0.3, 0.4) is 0 Å². The van der Waals surface area contributed by atoms with Crippen molar-refractivity contribution >= 4 is 18.5 Å². The Bertz CT molecular complexity index is 816. The Morgan fingerprint density at radius 2 is 1.77 bits per heavy atom. The number of aliphatic hydroxyl groups excluding tert-OH is 1. The molecule has 0 aromatic rings. The van der Waals surface area contributed by atoms with Crippen LogP contribution in [0.1, 0.15) is 48.5 Å². The summed E-state index contributed by atoms with van der Waals surface area (Å²) >= 11 is 0. The normalized spacial score (nSPS) is 36.3. The Morgan fingerprint density at radius 1 is 1.16 bits per heavy atom. The molecule has 4 heterocycles. The van der Waals surface area contributed by atoms with Crippen LogP contribution in [0, 0.1) is 23.7 Å². The number of aldehydes is 1. The molecule has 4 saturated heterocycles. The predicted molar refractivity (Wildman–Crippen MR) is 108 cm³/mol. The van der Waals surface area contributed by atoms with E-state index in [1.54, 1.807) is 48.5 Å². The summed E-state index contributed by atoms with van der Waals surface area (Å²) in [6.07, 6.45) is -4.47. The highest BCUT2D eigenvalue weighted by atomic mass is 16.7. The second-order valence-electron chi connectivity index (χ2n) is 10.2. The molecule has 0 spiro atoms. The number of rotatable bonds is 2. The van der Waals surface area contributed by atoms with Crippen LogP contribution < -0.4 is 0 Å². The van der Waals surface area contributed by atoms with Crippen molar-refractivity contribution in [1.29, 1.82) is 0 Å². The minimum absolute atomic E-state index is 0.152. The van der Waals surface area contributed by atoms with E-state index in [0.717, 1.165) is 0 Å². The first kappa shape index (κ1) is 23.4. The lowest BCUT2D eigenvalue weighted by atomic mass is 9.64. The maximum Gasteiger partial charge on any atom is 0.509 e. The largest absolute Gasteiger partial charge is 0.509 e. The lowest BCUT2D eigenvalue weighted by Crippen LogP contribution is -2.83. The second kappa shape index (κ2) is 7.68. The number of aliphatic hydroxyl groups is 1. The van der Waals surface area contributed by atoms with Crippen LogP contribution >= 0.6 is 0 Å². The maximum absolute atomic E-state index is 13.2. The number of hydrogen-bond acceptors (Lipinski definition) is 8. The first-order chi connectivity index (χ1) is 14.3. The third-order valence-corrected chi connectivity index (χ3v) is 5.68. The van der Waals surface area contributed by atoms with E-state index in [4.69, 9.17) is 18.9 Å². The summed E-state index contributed by atoms with van der Waals surface area (Å²) in [6, 6.07) is -0.761. The molecular formula is C22H31NO8. The van der Waals surface area contributed by atoms with Gasteiger partial charge in [-0.2, -0.15) is 0 Å². The van der Waals surface area contributed by atoms with Gasteiger partial charge in [0.25, 0.3) is 0 Å². The lowest BCUT2D eigenvalue weighted by Gasteiger charge is -2.63. The van der Waals surface area contributed by atoms with Crippen molar-refractivity contribution in [2.24, 2.45) is 11.8 Å². The zero-order valence-electron chi connectivity index (χ0n) is 19.0. The van der Waals surface area contributed by atoms with Crippen molar-refractivity contribution < 1.29 is 38.4 Å². The molecule has 5 fully saturated rings. The van der Waals surface area contributed by atoms with Crippen molar-refractivity contribution in [3.05, 3.63) is 0 Å². The fourth-order valence-electron chi connectivity index (χ4n) is 4.74. The highest BCUT2D eigenvalue weighted by Gasteiger charge is 2.77. The summed E-state index contributed by atoms with van der Waals surface area (Å²) in [4.78, 5) is 39.0. The molecule has 1 N–H and O–H groups in total. The number of amides is 1. The van der Waals surface area contributed by atoms with E-state index in [2.05, 4.69) is 11.8 Å². The van der Waals surface area contributed by atoms with Crippen molar-refractivity contribution in [2.45, 2.75) is 89.6 Å². The standard InChI is InChI=1S/C22H31NO8/c1-8-9-22-13-11-28-16(17(22)29-19(27)31-21(5,6)7)12(10-24)15(25)14(13)23(22)18(26)30-20(2,3)4/h10,12-17,25H,11H2,1-7H3/t12-,13+,14+,15-,16-,17-,22-/m0/s1. The summed E-state index contributed by atoms with van der Waals surface area (Å²) in [6.45, 7) is 12.0. The SMILES string of the molecule is CC#C[C@@]12[C@@H]3CO[C@@H]([C@@H](C=O)[C@H](O)[C@@H]3N1C(=O)OC(C)(C)C)[C@@H]2OC(=O)OC(C)(C)C. The quantitative estimate of drug-likeness (QED) is 0.396. The molecule has 7 atom stereocenters. The molecule has 0 aromatic heterocycles. The van der Waals surface area contributed by atoms with Crippen LogP contribution in [0.5, 0.6) is 0 Å². The van der Waals surface area contributed by atoms with Crippen LogP contribution in [-0.2, 0) is 23.7 Å². The smallest absolute Gasteiger partial charge is 0.444 e. The Morgan fingerprint density at radius 3 is 2.29 bits per heavy atom. The molecule has 5 aliphatic rings. The Kier molecular flexibility index (Phi) is 5.78. The van der Waals surface area contributed by atoms with Crippen molar-refractivity contribution in [1.82, 2.24) is 4.90 Å². The highest BCUT2D eigenvalue weighted by Crippen LogP contribution is 2.56. The van der Waals surface area contributed by atoms with Gasteiger partial charge in [0.05, 0.1) is 24.7 Å². The van der Waals surface area contributed by atoms with E-state index in [1.807, 2.05) is 0 Å². The minimum Gasteiger partial charge on any atom is -0.444 e. The molecule has 1 aliphatic carbocycles. The second-order valence-corrected chi connectivity index (χ2v) is 10.2. The topological polar surface area (TPSA) is 112 Å². The van der Waals surface area contributed by atoms with Crippen molar-refractivity contribution in [3.8, 4) is 11.8 Å². The Hall–Kier alpha value is -2.31. The molecule has 1 amide bonds. The number of hydrogen-bond donors (Lipinski definition) is 1. The van der Waals surface area contributed by atoms with E-state index in [9.17, 15) is 19.5 Å². The number of carbonyl (C=O) groups excluding carboxylic acids is 3. The molecule has 4 aliphatic heterocycles. The predicted octanol–water partition coefficient (Wildman–Crippen LogP) is 1.89. The van der Waals surface area contributed by atoms with Crippen LogP contribution in [0.25, 0.3) is 0 Å². The first-order valence-electron chi connectivity index (χ1n) is 10.4. The number of fused-ring (bicyclic) bond motifs is 1. The molecule has 31 heavy (non-hydrogen) atoms. The summed E-state index contributed by atoms with van der Waals surface area (Å²) in [5.41, 5.74) is -2.93. The fraction of sp³-hybridized carbons (Fsp3) is 0.773. The molecular weight excluding hydrogens is 406 g/mol. The zero-order valence-corrected chi connectivity index (χ0v) is 19.0. The molecule has 4 bridgehead atoms. The van der Waals surface area contributed by atoms with E-state index in [0.29, 0.717) is 6.29 Å². The van der Waals surface area contributed by atoms with Crippen LogP contribution in [-0.4, -0.2) is 76.2 Å². The van der Waals surface area contributed by atoms with Gasteiger partial charge in [0.2, 0.25) is 0 Å². The molecule has 172 valence electrons. The van der Waals surface area contributed by atoms with Gasteiger partial charge in [-0.25, -0.2) is 9.59 Å². The van der Waals surface area contributed by atoms with Crippen molar-refractivity contribution in [2.75, 3.05) is 6.61 Å². The first-order valence-corrected chi connectivity index (χ1v) is 10.4. The molecule has 0 aromatic carbocycles. The van der Waals surface area contributed by atoms with E-state index in [-0.39, 0.29) is 6.61 Å². The lowest BCUT2D eigenvalue weighted by molar-refractivity contribution is -0.232. The molecule has 9 heteroatoms. The van der Waals surface area contributed by atoms with Gasteiger partial charge in [-0.3, -0.25) is 4.90 Å². The summed E-state index contributed by atoms with van der Waals surface area (Å²) < 4.78 is 22.4. The van der Waals surface area contributed by atoms with Crippen molar-refractivity contribution in [3.63, 3.8) is 0 Å². The third kappa shape index (κ3) is 3.87. The maximum atomic E-state index is 13.2. The molecule has 0 unspecified atom stereocenters.